The molecule has 6 heteroatoms. The molecule has 1 aliphatic rings. The number of nitrogen functional groups attached to an aromatic ring is 1. The van der Waals surface area contributed by atoms with Crippen LogP contribution in [0.3, 0.4) is 0 Å². The lowest BCUT2D eigenvalue weighted by atomic mass is 10.0. The fraction of sp³-hybridized carbons (Fsp3) is 0.500. The van der Waals surface area contributed by atoms with Crippen LogP contribution in [0.5, 0.6) is 11.5 Å². The molecule has 0 aromatic carbocycles. The summed E-state index contributed by atoms with van der Waals surface area (Å²) in [5.41, 5.74) is 7.90. The average molecular weight is 327 g/mol. The van der Waals surface area contributed by atoms with Crippen molar-refractivity contribution in [3.63, 3.8) is 0 Å². The number of nitrogens with two attached hydrogens (primary N) is 1. The minimum atomic E-state index is 0.235. The number of anilines is 2. The van der Waals surface area contributed by atoms with Crippen LogP contribution in [0.2, 0.25) is 0 Å². The molecule has 0 saturated heterocycles. The van der Waals surface area contributed by atoms with Gasteiger partial charge in [-0.05, 0) is 25.2 Å². The summed E-state index contributed by atoms with van der Waals surface area (Å²) >= 11 is 0. The third-order valence-corrected chi connectivity index (χ3v) is 4.07. The van der Waals surface area contributed by atoms with Crippen LogP contribution in [0, 0.1) is 0 Å². The van der Waals surface area contributed by atoms with E-state index in [2.05, 4.69) is 47.1 Å². The van der Waals surface area contributed by atoms with Crippen LogP contribution in [-0.4, -0.2) is 21.5 Å². The molecule has 0 aliphatic heterocycles. The van der Waals surface area contributed by atoms with Crippen molar-refractivity contribution in [3.05, 3.63) is 29.7 Å². The van der Waals surface area contributed by atoms with Crippen molar-refractivity contribution in [3.8, 4) is 11.5 Å². The van der Waals surface area contributed by atoms with Crippen molar-refractivity contribution >= 4 is 11.8 Å². The second kappa shape index (κ2) is 7.03. The molecule has 3 N–H and O–H groups in total. The summed E-state index contributed by atoms with van der Waals surface area (Å²) in [4.78, 5) is 12.9. The Bertz CT molecular complexity index is 713. The van der Waals surface area contributed by atoms with Gasteiger partial charge in [0, 0.05) is 36.0 Å². The van der Waals surface area contributed by atoms with Gasteiger partial charge in [-0.3, -0.25) is 4.98 Å². The van der Waals surface area contributed by atoms with Crippen molar-refractivity contribution in [2.24, 2.45) is 0 Å². The van der Waals surface area contributed by atoms with Gasteiger partial charge in [-0.1, -0.05) is 20.8 Å². The predicted molar refractivity (Wildman–Crippen MR) is 95.6 cm³/mol. The van der Waals surface area contributed by atoms with Gasteiger partial charge in [-0.2, -0.15) is 4.98 Å². The van der Waals surface area contributed by atoms with Crippen molar-refractivity contribution in [2.75, 3.05) is 17.6 Å². The van der Waals surface area contributed by atoms with E-state index in [4.69, 9.17) is 10.5 Å². The fourth-order valence-corrected chi connectivity index (χ4v) is 2.53. The summed E-state index contributed by atoms with van der Waals surface area (Å²) < 4.78 is 6.19. The van der Waals surface area contributed by atoms with Crippen LogP contribution >= 0.6 is 0 Å². The number of ether oxygens (including phenoxy) is 1. The number of aromatic nitrogens is 3. The van der Waals surface area contributed by atoms with E-state index >= 15 is 0 Å². The zero-order chi connectivity index (χ0) is 17.1. The molecule has 1 aliphatic carbocycles. The highest BCUT2D eigenvalue weighted by atomic mass is 16.5. The summed E-state index contributed by atoms with van der Waals surface area (Å²) in [6.45, 7) is 7.17. The molecule has 0 atom stereocenters. The topological polar surface area (TPSA) is 86.0 Å². The molecule has 2 aromatic heterocycles. The molecule has 2 aromatic rings. The van der Waals surface area contributed by atoms with Gasteiger partial charge in [-0.25, -0.2) is 4.98 Å². The van der Waals surface area contributed by atoms with Gasteiger partial charge in [0.15, 0.2) is 11.6 Å². The Kier molecular flexibility index (Phi) is 4.83. The second-order valence-electron chi connectivity index (χ2n) is 6.55. The van der Waals surface area contributed by atoms with E-state index in [0.29, 0.717) is 23.4 Å². The van der Waals surface area contributed by atoms with Crippen LogP contribution in [0.25, 0.3) is 0 Å². The van der Waals surface area contributed by atoms with Gasteiger partial charge in [0.25, 0.3) is 0 Å². The highest BCUT2D eigenvalue weighted by molar-refractivity contribution is 5.53. The van der Waals surface area contributed by atoms with Crippen molar-refractivity contribution in [1.29, 1.82) is 0 Å². The lowest BCUT2D eigenvalue weighted by Gasteiger charge is -2.16. The molecule has 24 heavy (non-hydrogen) atoms. The highest BCUT2D eigenvalue weighted by Gasteiger charge is 2.26. The van der Waals surface area contributed by atoms with Gasteiger partial charge in [0.1, 0.15) is 5.75 Å². The number of nitrogens with zero attached hydrogens (tertiary/aromatic N) is 3. The number of hydrogen-bond acceptors (Lipinski definition) is 6. The molecule has 0 amide bonds. The SMILES string of the molecule is CCCNc1nc(N)ncc1Oc1cc(C2CC2)ncc1C(C)C. The molecule has 2 heterocycles. The summed E-state index contributed by atoms with van der Waals surface area (Å²) in [5, 5.41) is 3.25. The van der Waals surface area contributed by atoms with Crippen LogP contribution in [0.15, 0.2) is 18.5 Å². The molecule has 3 rings (SSSR count). The van der Waals surface area contributed by atoms with Crippen molar-refractivity contribution in [1.82, 2.24) is 15.0 Å². The molecule has 0 unspecified atom stereocenters. The number of pyridine rings is 1. The third-order valence-electron chi connectivity index (χ3n) is 4.07. The maximum absolute atomic E-state index is 6.19. The molecule has 6 nitrogen and oxygen atoms in total. The lowest BCUT2D eigenvalue weighted by molar-refractivity contribution is 0.468. The Balaban J connectivity index is 1.93. The number of nitrogens with one attached hydrogen (secondary N) is 1. The normalized spacial score (nSPS) is 14.0. The van der Waals surface area contributed by atoms with Crippen LogP contribution in [-0.2, 0) is 0 Å². The Labute approximate surface area is 142 Å². The van der Waals surface area contributed by atoms with Crippen LogP contribution in [0.1, 0.15) is 63.1 Å². The lowest BCUT2D eigenvalue weighted by Crippen LogP contribution is -2.07. The first-order valence-electron chi connectivity index (χ1n) is 8.62. The minimum absolute atomic E-state index is 0.235. The third kappa shape index (κ3) is 3.75. The first-order chi connectivity index (χ1) is 11.6. The van der Waals surface area contributed by atoms with Crippen molar-refractivity contribution < 1.29 is 4.74 Å². The van der Waals surface area contributed by atoms with E-state index in [-0.39, 0.29) is 5.95 Å². The van der Waals surface area contributed by atoms with E-state index in [0.717, 1.165) is 30.0 Å². The van der Waals surface area contributed by atoms with E-state index in [1.165, 1.54) is 12.8 Å². The number of hydrogen-bond donors (Lipinski definition) is 2. The second-order valence-corrected chi connectivity index (χ2v) is 6.55. The average Bonchev–Trinajstić information content (AvgIpc) is 3.39. The zero-order valence-electron chi connectivity index (χ0n) is 14.5. The fourth-order valence-electron chi connectivity index (χ4n) is 2.53. The van der Waals surface area contributed by atoms with Gasteiger partial charge >= 0.3 is 0 Å². The van der Waals surface area contributed by atoms with Crippen LogP contribution in [0.4, 0.5) is 11.8 Å². The van der Waals surface area contributed by atoms with Gasteiger partial charge in [0.2, 0.25) is 5.95 Å². The first kappa shape index (κ1) is 16.5. The van der Waals surface area contributed by atoms with E-state index in [1.807, 2.05) is 6.20 Å². The summed E-state index contributed by atoms with van der Waals surface area (Å²) in [7, 11) is 0. The summed E-state index contributed by atoms with van der Waals surface area (Å²) in [6.07, 6.45) is 6.97. The smallest absolute Gasteiger partial charge is 0.222 e. The Morgan fingerprint density at radius 1 is 1.25 bits per heavy atom. The molecule has 0 radical (unpaired) electrons. The van der Waals surface area contributed by atoms with Gasteiger partial charge < -0.3 is 15.8 Å². The first-order valence-corrected chi connectivity index (χ1v) is 8.62. The Morgan fingerprint density at radius 2 is 2.04 bits per heavy atom. The predicted octanol–water partition coefficient (Wildman–Crippen LogP) is 4.07. The number of rotatable bonds is 7. The van der Waals surface area contributed by atoms with E-state index in [1.54, 1.807) is 6.20 Å². The molecular formula is C18H25N5O. The maximum Gasteiger partial charge on any atom is 0.222 e. The highest BCUT2D eigenvalue weighted by Crippen LogP contribution is 2.42. The van der Waals surface area contributed by atoms with E-state index < -0.39 is 0 Å². The largest absolute Gasteiger partial charge is 0.451 e. The standard InChI is InChI=1S/C18H25N5O/c1-4-7-20-17-16(10-22-18(19)23-17)24-15-8-14(12-5-6-12)21-9-13(15)11(2)3/h8-12H,4-7H2,1-3H3,(H3,19,20,22,23). The Hall–Kier alpha value is -2.37. The van der Waals surface area contributed by atoms with Crippen molar-refractivity contribution in [2.45, 2.75) is 51.9 Å². The summed E-state index contributed by atoms with van der Waals surface area (Å²) in [5.74, 6) is 3.18. The van der Waals surface area contributed by atoms with Crippen LogP contribution < -0.4 is 15.8 Å². The maximum atomic E-state index is 6.19. The zero-order valence-corrected chi connectivity index (χ0v) is 14.5. The molecule has 1 fully saturated rings. The monoisotopic (exact) mass is 327 g/mol. The Morgan fingerprint density at radius 3 is 2.71 bits per heavy atom. The van der Waals surface area contributed by atoms with Gasteiger partial charge in [-0.15, -0.1) is 0 Å². The molecule has 0 bridgehead atoms. The molecule has 128 valence electrons. The van der Waals surface area contributed by atoms with Gasteiger partial charge in [0.05, 0.1) is 6.20 Å². The quantitative estimate of drug-likeness (QED) is 0.797. The molecule has 1 saturated carbocycles. The summed E-state index contributed by atoms with van der Waals surface area (Å²) in [6, 6.07) is 2.06. The minimum Gasteiger partial charge on any atom is -0.451 e. The molecule has 0 spiro atoms. The molecular weight excluding hydrogens is 302 g/mol. The van der Waals surface area contributed by atoms with E-state index in [9.17, 15) is 0 Å².